The third-order valence-electron chi connectivity index (χ3n) is 3.45. The van der Waals surface area contributed by atoms with Crippen LogP contribution in [0.1, 0.15) is 20.8 Å². The zero-order chi connectivity index (χ0) is 11.5. The number of aromatic nitrogens is 1. The summed E-state index contributed by atoms with van der Waals surface area (Å²) in [5, 5.41) is 0.600. The van der Waals surface area contributed by atoms with Crippen molar-refractivity contribution >= 4 is 13.3 Å². The van der Waals surface area contributed by atoms with Gasteiger partial charge in [-0.15, -0.1) is 0 Å². The largest absolute Gasteiger partial charge is 0.248 e. The molecule has 4 heteroatoms. The van der Waals surface area contributed by atoms with E-state index in [0.29, 0.717) is 5.19 Å². The highest BCUT2D eigenvalue weighted by atomic mass is 28.3. The lowest BCUT2D eigenvalue weighted by Crippen LogP contribution is -2.48. The van der Waals surface area contributed by atoms with E-state index >= 15 is 0 Å². The molecule has 0 fully saturated rings. The fourth-order valence-corrected chi connectivity index (χ4v) is 5.79. The Hall–Kier alpha value is -0.773. The van der Waals surface area contributed by atoms with Crippen LogP contribution in [-0.2, 0) is 0 Å². The molecule has 0 amide bonds. The Morgan fingerprint density at radius 1 is 1.13 bits per heavy atom. The Labute approximate surface area is 90.6 Å². The Balaban J connectivity index is 3.28. The molecule has 0 aliphatic carbocycles. The summed E-state index contributed by atoms with van der Waals surface area (Å²) in [6, 6.07) is 4.49. The molecule has 15 heavy (non-hydrogen) atoms. The molecular weight excluding hydrogens is 212 g/mol. The summed E-state index contributed by atoms with van der Waals surface area (Å²) in [6.45, 7) is 6.20. The molecule has 0 aromatic carbocycles. The normalized spacial score (nSPS) is 11.8. The minimum Gasteiger partial charge on any atom is -0.226 e. The molecule has 1 aromatic rings. The lowest BCUT2D eigenvalue weighted by Gasteiger charge is -2.28. The van der Waals surface area contributed by atoms with Gasteiger partial charge < -0.3 is 0 Å². The second kappa shape index (κ2) is 4.83. The van der Waals surface area contributed by atoms with Crippen LogP contribution in [0.25, 0.3) is 0 Å². The predicted molar refractivity (Wildman–Crippen MR) is 61.0 cm³/mol. The van der Waals surface area contributed by atoms with Crippen LogP contribution in [0.3, 0.4) is 0 Å². The van der Waals surface area contributed by atoms with Crippen molar-refractivity contribution in [2.45, 2.75) is 38.9 Å². The minimum atomic E-state index is -1.82. The van der Waals surface area contributed by atoms with Gasteiger partial charge >= 0.3 is 0 Å². The summed E-state index contributed by atoms with van der Waals surface area (Å²) in [5.41, 5.74) is 0. The average Bonchev–Trinajstić information content (AvgIpc) is 2.27. The second-order valence-electron chi connectivity index (χ2n) is 3.80. The van der Waals surface area contributed by atoms with Gasteiger partial charge in [0.15, 0.2) is 5.82 Å². The molecule has 1 aromatic heterocycles. The van der Waals surface area contributed by atoms with E-state index in [4.69, 9.17) is 0 Å². The third-order valence-corrected chi connectivity index (χ3v) is 9.04. The smallest absolute Gasteiger partial charge is 0.226 e. The molecule has 0 aliphatic rings. The van der Waals surface area contributed by atoms with Gasteiger partial charge in [0.1, 0.15) is 0 Å². The first-order valence-electron chi connectivity index (χ1n) is 5.41. The maximum absolute atomic E-state index is 13.7. The van der Waals surface area contributed by atoms with Gasteiger partial charge in [0, 0.05) is 6.20 Å². The zero-order valence-corrected chi connectivity index (χ0v) is 10.5. The second-order valence-corrected chi connectivity index (χ2v) is 9.02. The first-order chi connectivity index (χ1) is 7.11. The lowest BCUT2D eigenvalue weighted by molar-refractivity contribution is 0.483. The van der Waals surface area contributed by atoms with Crippen LogP contribution in [0.15, 0.2) is 12.3 Å². The fourth-order valence-electron chi connectivity index (χ4n) is 2.15. The molecule has 0 aliphatic heterocycles. The molecule has 0 saturated heterocycles. The van der Waals surface area contributed by atoms with Crippen molar-refractivity contribution in [3.63, 3.8) is 0 Å². The van der Waals surface area contributed by atoms with Crippen molar-refractivity contribution in [2.24, 2.45) is 0 Å². The third kappa shape index (κ3) is 2.09. The topological polar surface area (TPSA) is 12.9 Å². The molecular formula is C11H17F2NSi. The van der Waals surface area contributed by atoms with Crippen LogP contribution in [0, 0.1) is 11.8 Å². The summed E-state index contributed by atoms with van der Waals surface area (Å²) in [7, 11) is -1.82. The molecule has 1 rings (SSSR count). The van der Waals surface area contributed by atoms with E-state index in [1.807, 2.05) is 0 Å². The standard InChI is InChI=1S/C11H17F2NSi/c1-4-15(5-2,6-3)9-7-8-14-11(13)10(9)12/h7-8H,4-6H2,1-3H3. The Kier molecular flexibility index (Phi) is 3.96. The van der Waals surface area contributed by atoms with E-state index in [1.54, 1.807) is 6.07 Å². The van der Waals surface area contributed by atoms with Crippen LogP contribution in [-0.4, -0.2) is 13.1 Å². The lowest BCUT2D eigenvalue weighted by atomic mass is 10.5. The van der Waals surface area contributed by atoms with E-state index in [9.17, 15) is 8.78 Å². The number of nitrogens with zero attached hydrogens (tertiary/aromatic N) is 1. The summed E-state index contributed by atoms with van der Waals surface area (Å²) in [4.78, 5) is 3.34. The summed E-state index contributed by atoms with van der Waals surface area (Å²) >= 11 is 0. The molecule has 1 heterocycles. The van der Waals surface area contributed by atoms with Gasteiger partial charge in [-0.1, -0.05) is 38.9 Å². The molecule has 0 atom stereocenters. The summed E-state index contributed by atoms with van der Waals surface area (Å²) in [6.07, 6.45) is 1.37. The highest BCUT2D eigenvalue weighted by molar-refractivity contribution is 6.91. The van der Waals surface area contributed by atoms with Gasteiger partial charge in [0.2, 0.25) is 5.95 Å². The van der Waals surface area contributed by atoms with Crippen molar-refractivity contribution in [2.75, 3.05) is 0 Å². The van der Waals surface area contributed by atoms with Crippen molar-refractivity contribution in [3.8, 4) is 0 Å². The van der Waals surface area contributed by atoms with Crippen molar-refractivity contribution in [1.82, 2.24) is 4.98 Å². The monoisotopic (exact) mass is 229 g/mol. The zero-order valence-electron chi connectivity index (χ0n) is 9.48. The number of pyridine rings is 1. The first-order valence-corrected chi connectivity index (χ1v) is 8.04. The molecule has 0 unspecified atom stereocenters. The Morgan fingerprint density at radius 3 is 2.13 bits per heavy atom. The van der Waals surface area contributed by atoms with Gasteiger partial charge in [-0.2, -0.15) is 4.39 Å². The van der Waals surface area contributed by atoms with Crippen LogP contribution < -0.4 is 5.19 Å². The molecule has 0 bridgehead atoms. The molecule has 0 radical (unpaired) electrons. The van der Waals surface area contributed by atoms with Gasteiger partial charge in [0.25, 0.3) is 0 Å². The maximum Gasteiger partial charge on any atom is 0.248 e. The molecule has 0 saturated carbocycles. The Bertz CT molecular complexity index is 329. The predicted octanol–water partition coefficient (Wildman–Crippen LogP) is 3.08. The number of rotatable bonds is 4. The fraction of sp³-hybridized carbons (Fsp3) is 0.545. The highest BCUT2D eigenvalue weighted by Gasteiger charge is 2.33. The Morgan fingerprint density at radius 2 is 1.67 bits per heavy atom. The molecule has 0 spiro atoms. The van der Waals surface area contributed by atoms with Crippen LogP contribution >= 0.6 is 0 Å². The molecule has 1 nitrogen and oxygen atoms in total. The van der Waals surface area contributed by atoms with Crippen LogP contribution in [0.4, 0.5) is 8.78 Å². The molecule has 84 valence electrons. The van der Waals surface area contributed by atoms with Gasteiger partial charge in [0.05, 0.1) is 8.07 Å². The van der Waals surface area contributed by atoms with Gasteiger partial charge in [-0.05, 0) is 11.3 Å². The molecule has 0 N–H and O–H groups in total. The van der Waals surface area contributed by atoms with Crippen molar-refractivity contribution < 1.29 is 8.78 Å². The first kappa shape index (κ1) is 12.3. The minimum absolute atomic E-state index is 0.600. The van der Waals surface area contributed by atoms with E-state index in [0.717, 1.165) is 18.1 Å². The van der Waals surface area contributed by atoms with Crippen molar-refractivity contribution in [1.29, 1.82) is 0 Å². The maximum atomic E-state index is 13.7. The number of halogens is 2. The quantitative estimate of drug-likeness (QED) is 0.571. The van der Waals surface area contributed by atoms with Crippen LogP contribution in [0.5, 0.6) is 0 Å². The number of hydrogen-bond acceptors (Lipinski definition) is 1. The average molecular weight is 229 g/mol. The number of hydrogen-bond donors (Lipinski definition) is 0. The van der Waals surface area contributed by atoms with Gasteiger partial charge in [-0.3, -0.25) is 0 Å². The van der Waals surface area contributed by atoms with Crippen molar-refractivity contribution in [3.05, 3.63) is 24.0 Å². The summed E-state index contributed by atoms with van der Waals surface area (Å²) in [5.74, 6) is -1.69. The summed E-state index contributed by atoms with van der Waals surface area (Å²) < 4.78 is 26.7. The van der Waals surface area contributed by atoms with E-state index < -0.39 is 19.8 Å². The highest BCUT2D eigenvalue weighted by Crippen LogP contribution is 2.21. The van der Waals surface area contributed by atoms with E-state index in [2.05, 4.69) is 25.8 Å². The van der Waals surface area contributed by atoms with Gasteiger partial charge in [-0.25, -0.2) is 9.37 Å². The SMILES string of the molecule is CC[Si](CC)(CC)c1ccnc(F)c1F. The van der Waals surface area contributed by atoms with E-state index in [-0.39, 0.29) is 0 Å². The van der Waals surface area contributed by atoms with E-state index in [1.165, 1.54) is 6.20 Å². The van der Waals surface area contributed by atoms with Crippen LogP contribution in [0.2, 0.25) is 18.1 Å².